The third-order valence-corrected chi connectivity index (χ3v) is 10.3. The molecule has 1 unspecified atom stereocenters. The molecular weight excluding hydrogens is 749 g/mol. The first-order valence-electron chi connectivity index (χ1n) is 25.1. The van der Waals surface area contributed by atoms with Gasteiger partial charge in [0.25, 0.3) is 0 Å². The minimum Gasteiger partial charge on any atom is -0.457 e. The highest BCUT2D eigenvalue weighted by Crippen LogP contribution is 2.13. The topological polar surface area (TPSA) is 55.8 Å². The summed E-state index contributed by atoms with van der Waals surface area (Å²) in [5.74, 6) is -0.220. The third kappa shape index (κ3) is 51.0. The van der Waals surface area contributed by atoms with Crippen molar-refractivity contribution < 1.29 is 19.4 Å². The number of ether oxygens (including phenoxy) is 2. The van der Waals surface area contributed by atoms with Gasteiger partial charge in [0.15, 0.2) is 0 Å². The fourth-order valence-electron chi connectivity index (χ4n) is 6.62. The van der Waals surface area contributed by atoms with Crippen molar-refractivity contribution in [1.82, 2.24) is 0 Å². The molecule has 0 bridgehead atoms. The monoisotopic (exact) mass is 843 g/mol. The van der Waals surface area contributed by atoms with Gasteiger partial charge < -0.3 is 14.6 Å². The molecule has 0 radical (unpaired) electrons. The average molecular weight is 843 g/mol. The van der Waals surface area contributed by atoms with E-state index in [4.69, 9.17) is 9.47 Å². The molecule has 0 saturated carbocycles. The van der Waals surface area contributed by atoms with E-state index in [9.17, 15) is 9.90 Å². The number of allylic oxidation sites excluding steroid dienone is 20. The molecule has 346 valence electrons. The van der Waals surface area contributed by atoms with Crippen LogP contribution in [0.25, 0.3) is 0 Å². The Labute approximate surface area is 377 Å². The van der Waals surface area contributed by atoms with E-state index >= 15 is 0 Å². The second kappa shape index (κ2) is 52.9. The summed E-state index contributed by atoms with van der Waals surface area (Å²) >= 11 is 0. The lowest BCUT2D eigenvalue weighted by atomic mass is 10.1. The van der Waals surface area contributed by atoms with Crippen molar-refractivity contribution in [2.75, 3.05) is 19.8 Å². The van der Waals surface area contributed by atoms with Crippen LogP contribution in [0.3, 0.4) is 0 Å². The zero-order valence-electron chi connectivity index (χ0n) is 39.6. The van der Waals surface area contributed by atoms with Crippen LogP contribution in [0.2, 0.25) is 0 Å². The van der Waals surface area contributed by atoms with Crippen LogP contribution in [0.5, 0.6) is 0 Å². The predicted molar refractivity (Wildman–Crippen MR) is 269 cm³/mol. The van der Waals surface area contributed by atoms with E-state index in [0.29, 0.717) is 13.0 Å². The van der Waals surface area contributed by atoms with E-state index in [1.165, 1.54) is 89.9 Å². The van der Waals surface area contributed by atoms with Gasteiger partial charge >= 0.3 is 5.97 Å². The summed E-state index contributed by atoms with van der Waals surface area (Å²) in [5, 5.41) is 9.65. The summed E-state index contributed by atoms with van der Waals surface area (Å²) in [4.78, 5) is 12.3. The van der Waals surface area contributed by atoms with Crippen LogP contribution in [0.4, 0.5) is 0 Å². The van der Waals surface area contributed by atoms with E-state index < -0.39 is 6.10 Å². The molecule has 0 saturated heterocycles. The quantitative estimate of drug-likeness (QED) is 0.0377. The van der Waals surface area contributed by atoms with Gasteiger partial charge in [0.05, 0.1) is 13.2 Å². The minimum atomic E-state index is -0.554. The second-order valence-corrected chi connectivity index (χ2v) is 16.1. The maximum atomic E-state index is 12.3. The lowest BCUT2D eigenvalue weighted by Gasteiger charge is -2.16. The Hall–Kier alpha value is -3.21. The van der Waals surface area contributed by atoms with Crippen molar-refractivity contribution in [1.29, 1.82) is 0 Å². The molecule has 0 heterocycles. The Bertz CT molecular complexity index is 1210. The summed E-state index contributed by atoms with van der Waals surface area (Å²) in [6.45, 7) is 5.09. The summed E-state index contributed by atoms with van der Waals surface area (Å²) in [6, 6.07) is 0. The highest BCUT2D eigenvalue weighted by molar-refractivity contribution is 5.69. The van der Waals surface area contributed by atoms with Gasteiger partial charge in [0.2, 0.25) is 0 Å². The molecule has 0 amide bonds. The molecule has 0 aromatic rings. The number of aliphatic hydroxyl groups is 1. The van der Waals surface area contributed by atoms with Gasteiger partial charge in [-0.15, -0.1) is 0 Å². The van der Waals surface area contributed by atoms with Crippen molar-refractivity contribution in [2.24, 2.45) is 0 Å². The molecule has 0 spiro atoms. The van der Waals surface area contributed by atoms with Gasteiger partial charge in [-0.1, -0.05) is 219 Å². The van der Waals surface area contributed by atoms with Gasteiger partial charge in [0.1, 0.15) is 6.10 Å². The van der Waals surface area contributed by atoms with Crippen molar-refractivity contribution in [3.8, 4) is 0 Å². The van der Waals surface area contributed by atoms with Crippen molar-refractivity contribution in [3.05, 3.63) is 122 Å². The van der Waals surface area contributed by atoms with Crippen LogP contribution in [0, 0.1) is 0 Å². The normalized spacial score (nSPS) is 13.4. The van der Waals surface area contributed by atoms with Crippen molar-refractivity contribution in [3.63, 3.8) is 0 Å². The SMILES string of the molecule is CC/C=C\C/C=C\C/C=C\C/C=C\C/C=C\C/C=C\CCCCCCCCC(=O)OC(CO)COCCCCCCCCCCCCC/C=C\C/C=C\C/C=C\C/C=C\CC. The fourth-order valence-corrected chi connectivity index (χ4v) is 6.62. The zero-order valence-corrected chi connectivity index (χ0v) is 39.6. The van der Waals surface area contributed by atoms with Crippen LogP contribution in [-0.2, 0) is 14.3 Å². The number of aliphatic hydroxyl groups excluding tert-OH is 1. The van der Waals surface area contributed by atoms with Crippen LogP contribution in [0.15, 0.2) is 122 Å². The molecule has 4 nitrogen and oxygen atoms in total. The number of esters is 1. The number of hydrogen-bond acceptors (Lipinski definition) is 4. The van der Waals surface area contributed by atoms with E-state index in [2.05, 4.69) is 135 Å². The Kier molecular flexibility index (Phi) is 50.1. The molecule has 4 heteroatoms. The maximum absolute atomic E-state index is 12.3. The van der Waals surface area contributed by atoms with Gasteiger partial charge in [-0.25, -0.2) is 0 Å². The van der Waals surface area contributed by atoms with E-state index in [1.807, 2.05) is 0 Å². The van der Waals surface area contributed by atoms with Gasteiger partial charge in [-0.3, -0.25) is 4.79 Å². The Balaban J connectivity index is 3.51. The number of carbonyl (C=O) groups is 1. The molecule has 0 fully saturated rings. The Morgan fingerprint density at radius 1 is 0.393 bits per heavy atom. The van der Waals surface area contributed by atoms with Crippen LogP contribution < -0.4 is 0 Å². The van der Waals surface area contributed by atoms with Gasteiger partial charge in [-0.2, -0.15) is 0 Å². The molecule has 0 aliphatic rings. The summed E-state index contributed by atoms with van der Waals surface area (Å²) in [7, 11) is 0. The smallest absolute Gasteiger partial charge is 0.306 e. The molecule has 61 heavy (non-hydrogen) atoms. The summed E-state index contributed by atoms with van der Waals surface area (Å²) in [5.41, 5.74) is 0. The second-order valence-electron chi connectivity index (χ2n) is 16.1. The largest absolute Gasteiger partial charge is 0.457 e. The molecular formula is C57H94O4. The third-order valence-electron chi connectivity index (χ3n) is 10.3. The highest BCUT2D eigenvalue weighted by atomic mass is 16.6. The number of rotatable bonds is 45. The van der Waals surface area contributed by atoms with Crippen molar-refractivity contribution in [2.45, 2.75) is 213 Å². The molecule has 1 atom stereocenters. The van der Waals surface area contributed by atoms with Crippen molar-refractivity contribution >= 4 is 5.97 Å². The first-order valence-corrected chi connectivity index (χ1v) is 25.1. The lowest BCUT2D eigenvalue weighted by Crippen LogP contribution is -2.27. The highest BCUT2D eigenvalue weighted by Gasteiger charge is 2.13. The summed E-state index contributed by atoms with van der Waals surface area (Å²) < 4.78 is 11.2. The standard InChI is InChI=1S/C57H94O4/c1-3-5-7-9-11-13-15-17-19-21-23-25-27-29-30-32-34-36-38-40-42-44-46-48-50-52-57(59)61-56(54-58)55-60-53-51-49-47-45-43-41-39-37-35-33-31-28-26-24-22-20-18-16-14-12-10-8-6-4-2/h5-8,11-14,17-20,23-26,29-30,34,36,56,58H,3-4,9-10,15-16,21-22,27-28,31-33,35,37-55H2,1-2H3/b7-5-,8-6-,13-11-,14-12-,19-17-,20-18-,25-23-,26-24-,30-29-,36-34-. The molecule has 0 aliphatic heterocycles. The molecule has 1 N–H and O–H groups in total. The number of unbranched alkanes of at least 4 members (excludes halogenated alkanes) is 17. The molecule has 0 aromatic heterocycles. The van der Waals surface area contributed by atoms with Crippen LogP contribution >= 0.6 is 0 Å². The molecule has 0 aliphatic carbocycles. The van der Waals surface area contributed by atoms with Crippen LogP contribution in [0.1, 0.15) is 206 Å². The molecule has 0 aromatic carbocycles. The zero-order chi connectivity index (χ0) is 44.0. The fraction of sp³-hybridized carbons (Fsp3) is 0.632. The average Bonchev–Trinajstić information content (AvgIpc) is 3.27. The van der Waals surface area contributed by atoms with Crippen LogP contribution in [-0.4, -0.2) is 37.0 Å². The predicted octanol–water partition coefficient (Wildman–Crippen LogP) is 17.2. The van der Waals surface area contributed by atoms with Gasteiger partial charge in [0, 0.05) is 13.0 Å². The Morgan fingerprint density at radius 3 is 1.03 bits per heavy atom. The first-order chi connectivity index (χ1) is 30.2. The van der Waals surface area contributed by atoms with Gasteiger partial charge in [-0.05, 0) is 103 Å². The summed E-state index contributed by atoms with van der Waals surface area (Å²) in [6.07, 6.45) is 78.5. The minimum absolute atomic E-state index is 0.187. The lowest BCUT2D eigenvalue weighted by molar-refractivity contribution is -0.154. The van der Waals surface area contributed by atoms with E-state index in [-0.39, 0.29) is 19.2 Å². The number of carbonyl (C=O) groups excluding carboxylic acids is 1. The maximum Gasteiger partial charge on any atom is 0.306 e. The van der Waals surface area contributed by atoms with E-state index in [1.54, 1.807) is 0 Å². The first kappa shape index (κ1) is 57.8. The Morgan fingerprint density at radius 2 is 0.689 bits per heavy atom. The molecule has 0 rings (SSSR count). The number of hydrogen-bond donors (Lipinski definition) is 1. The van der Waals surface area contributed by atoms with E-state index in [0.717, 1.165) is 96.3 Å².